The van der Waals surface area contributed by atoms with Gasteiger partial charge in [0.25, 0.3) is 0 Å². The highest BCUT2D eigenvalue weighted by molar-refractivity contribution is 9.10. The van der Waals surface area contributed by atoms with Crippen molar-refractivity contribution in [1.29, 1.82) is 0 Å². The van der Waals surface area contributed by atoms with Crippen molar-refractivity contribution < 1.29 is 14.2 Å². The molecule has 0 aliphatic carbocycles. The first-order chi connectivity index (χ1) is 9.55. The molecule has 5 heteroatoms. The fraction of sp³-hybridized carbons (Fsp3) is 0.267. The summed E-state index contributed by atoms with van der Waals surface area (Å²) >= 11 is 3.49. The van der Waals surface area contributed by atoms with Crippen LogP contribution in [-0.2, 0) is 9.47 Å². The van der Waals surface area contributed by atoms with Crippen molar-refractivity contribution >= 4 is 26.7 Å². The summed E-state index contributed by atoms with van der Waals surface area (Å²) in [4.78, 5) is 4.31. The van der Waals surface area contributed by atoms with E-state index in [1.54, 1.807) is 12.5 Å². The molecule has 0 fully saturated rings. The van der Waals surface area contributed by atoms with Crippen LogP contribution in [0.5, 0.6) is 5.88 Å². The molecule has 0 N–H and O–H groups in total. The zero-order valence-electron chi connectivity index (χ0n) is 11.2. The summed E-state index contributed by atoms with van der Waals surface area (Å²) in [5, 5.41) is 2.02. The van der Waals surface area contributed by atoms with Crippen LogP contribution < -0.4 is 4.74 Å². The second-order valence-electron chi connectivity index (χ2n) is 4.95. The molecule has 2 aromatic rings. The molecule has 0 bridgehead atoms. The van der Waals surface area contributed by atoms with E-state index in [9.17, 15) is 0 Å². The Balaban J connectivity index is 1.81. The number of ether oxygens (including phenoxy) is 3. The highest BCUT2D eigenvalue weighted by Crippen LogP contribution is 2.30. The average molecular weight is 336 g/mol. The summed E-state index contributed by atoms with van der Waals surface area (Å²) < 4.78 is 17.6. The molecule has 0 saturated carbocycles. The first kappa shape index (κ1) is 13.2. The maximum absolute atomic E-state index is 5.75. The minimum Gasteiger partial charge on any atom is -0.469 e. The van der Waals surface area contributed by atoms with E-state index in [1.807, 2.05) is 38.1 Å². The zero-order chi connectivity index (χ0) is 14.2. The van der Waals surface area contributed by atoms with Crippen molar-refractivity contribution in [2.45, 2.75) is 19.6 Å². The summed E-state index contributed by atoms with van der Waals surface area (Å²) in [6, 6.07) is 7.94. The monoisotopic (exact) mass is 335 g/mol. The molecule has 1 aliphatic rings. The predicted octanol–water partition coefficient (Wildman–Crippen LogP) is 4.00. The third-order valence-electron chi connectivity index (χ3n) is 2.91. The number of hydrogen-bond acceptors (Lipinski definition) is 4. The van der Waals surface area contributed by atoms with E-state index < -0.39 is 5.79 Å². The van der Waals surface area contributed by atoms with Crippen molar-refractivity contribution in [2.75, 3.05) is 6.61 Å². The number of nitrogens with zero attached hydrogens (tertiary/aromatic N) is 1. The van der Waals surface area contributed by atoms with Crippen LogP contribution in [0.4, 0.5) is 0 Å². The number of halogens is 1. The second-order valence-corrected chi connectivity index (χ2v) is 5.80. The molecule has 1 aromatic heterocycles. The normalized spacial score (nSPS) is 16.4. The van der Waals surface area contributed by atoms with Gasteiger partial charge in [0.1, 0.15) is 6.26 Å². The number of fused-ring (bicyclic) bond motifs is 1. The lowest BCUT2D eigenvalue weighted by Gasteiger charge is -2.18. The Morgan fingerprint density at radius 1 is 1.25 bits per heavy atom. The van der Waals surface area contributed by atoms with E-state index in [1.165, 1.54) is 0 Å². The van der Waals surface area contributed by atoms with Gasteiger partial charge in [0.15, 0.2) is 12.4 Å². The minimum absolute atomic E-state index is 0.294. The fourth-order valence-electron chi connectivity index (χ4n) is 2.02. The number of rotatable bonds is 3. The quantitative estimate of drug-likeness (QED) is 0.849. The first-order valence-corrected chi connectivity index (χ1v) is 7.06. The van der Waals surface area contributed by atoms with Gasteiger partial charge in [0.05, 0.1) is 0 Å². The van der Waals surface area contributed by atoms with Crippen molar-refractivity contribution in [1.82, 2.24) is 4.98 Å². The summed E-state index contributed by atoms with van der Waals surface area (Å²) in [7, 11) is 0. The molecular weight excluding hydrogens is 322 g/mol. The largest absolute Gasteiger partial charge is 0.469 e. The third-order valence-corrected chi connectivity index (χ3v) is 3.54. The molecule has 0 atom stereocenters. The number of aromatic nitrogens is 1. The van der Waals surface area contributed by atoms with Gasteiger partial charge in [-0.2, -0.15) is 0 Å². The molecule has 3 rings (SSSR count). The minimum atomic E-state index is -0.617. The SMILES string of the molecule is CC1(C)OC=C(COc2ncc(Br)c3ccccc23)O1. The van der Waals surface area contributed by atoms with Gasteiger partial charge in [-0.3, -0.25) is 0 Å². The molecule has 1 aliphatic heterocycles. The summed E-state index contributed by atoms with van der Waals surface area (Å²) in [6.45, 7) is 4.00. The van der Waals surface area contributed by atoms with Gasteiger partial charge < -0.3 is 14.2 Å². The van der Waals surface area contributed by atoms with Crippen LogP contribution in [0.2, 0.25) is 0 Å². The number of benzene rings is 1. The Morgan fingerprint density at radius 2 is 2.00 bits per heavy atom. The fourth-order valence-corrected chi connectivity index (χ4v) is 2.47. The summed E-state index contributed by atoms with van der Waals surface area (Å²) in [5.74, 6) is 0.621. The molecule has 0 radical (unpaired) electrons. The van der Waals surface area contributed by atoms with Crippen molar-refractivity contribution in [3.63, 3.8) is 0 Å². The highest BCUT2D eigenvalue weighted by Gasteiger charge is 2.27. The van der Waals surface area contributed by atoms with Crippen LogP contribution >= 0.6 is 15.9 Å². The van der Waals surface area contributed by atoms with E-state index in [2.05, 4.69) is 20.9 Å². The van der Waals surface area contributed by atoms with Gasteiger partial charge in [-0.15, -0.1) is 0 Å². The number of hydrogen-bond donors (Lipinski definition) is 0. The van der Waals surface area contributed by atoms with Crippen LogP contribution in [0.25, 0.3) is 10.8 Å². The van der Waals surface area contributed by atoms with E-state index in [4.69, 9.17) is 14.2 Å². The Morgan fingerprint density at radius 3 is 2.70 bits per heavy atom. The van der Waals surface area contributed by atoms with Crippen molar-refractivity contribution in [2.24, 2.45) is 0 Å². The second kappa shape index (κ2) is 4.98. The zero-order valence-corrected chi connectivity index (χ0v) is 12.8. The molecular formula is C15H14BrNO3. The van der Waals surface area contributed by atoms with Gasteiger partial charge in [-0.05, 0) is 22.0 Å². The van der Waals surface area contributed by atoms with Gasteiger partial charge in [0, 0.05) is 35.3 Å². The Labute approximate surface area is 125 Å². The van der Waals surface area contributed by atoms with Crippen LogP contribution in [0, 0.1) is 0 Å². The van der Waals surface area contributed by atoms with Gasteiger partial charge in [-0.1, -0.05) is 18.2 Å². The molecule has 0 amide bonds. The van der Waals surface area contributed by atoms with Crippen LogP contribution in [0.3, 0.4) is 0 Å². The van der Waals surface area contributed by atoms with Crippen LogP contribution in [0.15, 0.2) is 47.0 Å². The van der Waals surface area contributed by atoms with E-state index >= 15 is 0 Å². The van der Waals surface area contributed by atoms with Crippen LogP contribution in [-0.4, -0.2) is 17.4 Å². The maximum Gasteiger partial charge on any atom is 0.244 e. The maximum atomic E-state index is 5.75. The summed E-state index contributed by atoms with van der Waals surface area (Å²) in [6.07, 6.45) is 3.32. The Hall–Kier alpha value is -1.75. The number of pyridine rings is 1. The topological polar surface area (TPSA) is 40.6 Å². The predicted molar refractivity (Wildman–Crippen MR) is 79.3 cm³/mol. The molecule has 20 heavy (non-hydrogen) atoms. The molecule has 0 saturated heterocycles. The van der Waals surface area contributed by atoms with Gasteiger partial charge in [0.2, 0.25) is 11.7 Å². The van der Waals surface area contributed by atoms with E-state index in [0.29, 0.717) is 18.2 Å². The van der Waals surface area contributed by atoms with Crippen molar-refractivity contribution in [3.05, 3.63) is 47.0 Å². The standard InChI is InChI=1S/C15H14BrNO3/c1-15(2)19-9-10(20-15)8-18-14-12-6-4-3-5-11(12)13(16)7-17-14/h3-7,9H,8H2,1-2H3. The van der Waals surface area contributed by atoms with Crippen molar-refractivity contribution in [3.8, 4) is 5.88 Å². The van der Waals surface area contributed by atoms with Gasteiger partial charge >= 0.3 is 0 Å². The Kier molecular flexibility index (Phi) is 3.30. The first-order valence-electron chi connectivity index (χ1n) is 6.27. The lowest BCUT2D eigenvalue weighted by atomic mass is 10.2. The third kappa shape index (κ3) is 2.58. The molecule has 0 spiro atoms. The lowest BCUT2D eigenvalue weighted by Crippen LogP contribution is -2.21. The summed E-state index contributed by atoms with van der Waals surface area (Å²) in [5.41, 5.74) is 0. The molecule has 4 nitrogen and oxygen atoms in total. The lowest BCUT2D eigenvalue weighted by molar-refractivity contribution is -0.119. The molecule has 104 valence electrons. The van der Waals surface area contributed by atoms with E-state index in [0.717, 1.165) is 15.2 Å². The smallest absolute Gasteiger partial charge is 0.244 e. The molecule has 1 aromatic carbocycles. The van der Waals surface area contributed by atoms with Gasteiger partial charge in [-0.25, -0.2) is 4.98 Å². The van der Waals surface area contributed by atoms with Crippen LogP contribution in [0.1, 0.15) is 13.8 Å². The highest BCUT2D eigenvalue weighted by atomic mass is 79.9. The average Bonchev–Trinajstić information content (AvgIpc) is 2.78. The Bertz CT molecular complexity index is 682. The molecule has 2 heterocycles. The molecule has 0 unspecified atom stereocenters. The van der Waals surface area contributed by atoms with E-state index in [-0.39, 0.29) is 0 Å².